The standard InChI is InChI=1S/C12H16ClN5O/c13-7-2-8-17(9-3-1-4-9)11-6-5-10-14-15-12(19)18(10)16-11/h5-6,9H,1-4,7-8H2,(H,15,19). The summed E-state index contributed by atoms with van der Waals surface area (Å²) in [4.78, 5) is 13.8. The molecule has 0 saturated heterocycles. The molecular formula is C12H16ClN5O. The fourth-order valence-corrected chi connectivity index (χ4v) is 2.48. The second-order valence-electron chi connectivity index (χ2n) is 4.81. The van der Waals surface area contributed by atoms with Gasteiger partial charge < -0.3 is 4.90 Å². The highest BCUT2D eigenvalue weighted by Crippen LogP contribution is 2.28. The fraction of sp³-hybridized carbons (Fsp3) is 0.583. The van der Waals surface area contributed by atoms with Gasteiger partial charge in [-0.1, -0.05) is 0 Å². The van der Waals surface area contributed by atoms with Crippen molar-refractivity contribution in [1.29, 1.82) is 0 Å². The molecular weight excluding hydrogens is 266 g/mol. The Hall–Kier alpha value is -1.56. The Kier molecular flexibility index (Phi) is 3.42. The average molecular weight is 282 g/mol. The molecule has 102 valence electrons. The average Bonchev–Trinajstić information content (AvgIpc) is 2.73. The van der Waals surface area contributed by atoms with E-state index in [1.54, 1.807) is 0 Å². The van der Waals surface area contributed by atoms with Gasteiger partial charge in [0.2, 0.25) is 0 Å². The number of halogens is 1. The van der Waals surface area contributed by atoms with Crippen LogP contribution >= 0.6 is 11.6 Å². The number of H-pyrrole nitrogens is 1. The summed E-state index contributed by atoms with van der Waals surface area (Å²) >= 11 is 5.78. The number of hydrogen-bond acceptors (Lipinski definition) is 4. The summed E-state index contributed by atoms with van der Waals surface area (Å²) in [6.45, 7) is 0.874. The van der Waals surface area contributed by atoms with Gasteiger partial charge in [0, 0.05) is 18.5 Å². The molecule has 0 atom stereocenters. The van der Waals surface area contributed by atoms with Crippen molar-refractivity contribution >= 4 is 23.1 Å². The van der Waals surface area contributed by atoms with E-state index in [1.165, 1.54) is 23.8 Å². The van der Waals surface area contributed by atoms with Crippen LogP contribution in [0.15, 0.2) is 16.9 Å². The third-order valence-electron chi connectivity index (χ3n) is 3.60. The zero-order chi connectivity index (χ0) is 13.2. The molecule has 0 unspecified atom stereocenters. The molecule has 0 bridgehead atoms. The second-order valence-corrected chi connectivity index (χ2v) is 5.19. The molecule has 19 heavy (non-hydrogen) atoms. The highest BCUT2D eigenvalue weighted by molar-refractivity contribution is 6.17. The van der Waals surface area contributed by atoms with E-state index in [2.05, 4.69) is 20.2 Å². The Morgan fingerprint density at radius 3 is 3.00 bits per heavy atom. The molecule has 3 rings (SSSR count). The molecule has 1 aliphatic rings. The Morgan fingerprint density at radius 2 is 2.32 bits per heavy atom. The van der Waals surface area contributed by atoms with Gasteiger partial charge in [0.1, 0.15) is 5.82 Å². The van der Waals surface area contributed by atoms with E-state index in [0.29, 0.717) is 17.6 Å². The van der Waals surface area contributed by atoms with E-state index in [9.17, 15) is 4.79 Å². The Labute approximate surface area is 115 Å². The molecule has 2 aromatic rings. The van der Waals surface area contributed by atoms with Gasteiger partial charge in [0.25, 0.3) is 0 Å². The first-order valence-electron chi connectivity index (χ1n) is 6.56. The van der Waals surface area contributed by atoms with Gasteiger partial charge in [-0.05, 0) is 37.8 Å². The largest absolute Gasteiger partial charge is 0.364 e. The predicted molar refractivity (Wildman–Crippen MR) is 73.9 cm³/mol. The van der Waals surface area contributed by atoms with Crippen molar-refractivity contribution < 1.29 is 0 Å². The molecule has 1 saturated carbocycles. The topological polar surface area (TPSA) is 66.3 Å². The zero-order valence-corrected chi connectivity index (χ0v) is 11.3. The van der Waals surface area contributed by atoms with Gasteiger partial charge in [-0.25, -0.2) is 9.89 Å². The molecule has 0 radical (unpaired) electrons. The highest BCUT2D eigenvalue weighted by atomic mass is 35.5. The lowest BCUT2D eigenvalue weighted by atomic mass is 9.91. The summed E-state index contributed by atoms with van der Waals surface area (Å²) in [5.74, 6) is 1.46. The number of aromatic amines is 1. The minimum absolute atomic E-state index is 0.303. The van der Waals surface area contributed by atoms with Crippen LogP contribution in [0.3, 0.4) is 0 Å². The van der Waals surface area contributed by atoms with Crippen molar-refractivity contribution in [3.05, 3.63) is 22.6 Å². The van der Waals surface area contributed by atoms with Crippen molar-refractivity contribution in [2.45, 2.75) is 31.7 Å². The van der Waals surface area contributed by atoms with Crippen LogP contribution in [0.4, 0.5) is 5.82 Å². The molecule has 1 N–H and O–H groups in total. The van der Waals surface area contributed by atoms with Crippen LogP contribution in [0.2, 0.25) is 0 Å². The number of anilines is 1. The summed E-state index contributed by atoms with van der Waals surface area (Å²) in [5, 5.41) is 10.7. The zero-order valence-electron chi connectivity index (χ0n) is 10.5. The summed E-state index contributed by atoms with van der Waals surface area (Å²) in [6.07, 6.45) is 4.54. The summed E-state index contributed by atoms with van der Waals surface area (Å²) in [5.41, 5.74) is 0.238. The minimum atomic E-state index is -0.303. The van der Waals surface area contributed by atoms with Gasteiger partial charge >= 0.3 is 5.69 Å². The lowest BCUT2D eigenvalue weighted by molar-refractivity contribution is 0.383. The third kappa shape index (κ3) is 2.32. The number of aromatic nitrogens is 4. The van der Waals surface area contributed by atoms with Crippen LogP contribution in [0, 0.1) is 0 Å². The Balaban J connectivity index is 1.93. The van der Waals surface area contributed by atoms with Gasteiger partial charge in [0.05, 0.1) is 0 Å². The van der Waals surface area contributed by atoms with Crippen LogP contribution in [0.1, 0.15) is 25.7 Å². The molecule has 7 heteroatoms. The number of alkyl halides is 1. The molecule has 0 amide bonds. The van der Waals surface area contributed by atoms with Crippen molar-refractivity contribution in [3.63, 3.8) is 0 Å². The van der Waals surface area contributed by atoms with E-state index in [4.69, 9.17) is 11.6 Å². The van der Waals surface area contributed by atoms with Gasteiger partial charge in [0.15, 0.2) is 5.65 Å². The smallest absolute Gasteiger partial charge is 0.352 e. The van der Waals surface area contributed by atoms with Crippen LogP contribution < -0.4 is 10.6 Å². The molecule has 6 nitrogen and oxygen atoms in total. The van der Waals surface area contributed by atoms with Crippen LogP contribution in [-0.4, -0.2) is 38.3 Å². The van der Waals surface area contributed by atoms with Crippen LogP contribution in [0.25, 0.3) is 5.65 Å². The van der Waals surface area contributed by atoms with Crippen LogP contribution in [0.5, 0.6) is 0 Å². The first-order chi connectivity index (χ1) is 9.29. The maximum atomic E-state index is 11.6. The van der Waals surface area contributed by atoms with Gasteiger partial charge in [-0.15, -0.1) is 16.7 Å². The first-order valence-corrected chi connectivity index (χ1v) is 7.10. The van der Waals surface area contributed by atoms with E-state index < -0.39 is 0 Å². The highest BCUT2D eigenvalue weighted by Gasteiger charge is 2.26. The van der Waals surface area contributed by atoms with Crippen molar-refractivity contribution in [3.8, 4) is 0 Å². The fourth-order valence-electron chi connectivity index (χ4n) is 2.36. The minimum Gasteiger partial charge on any atom is -0.352 e. The third-order valence-corrected chi connectivity index (χ3v) is 3.87. The number of nitrogens with one attached hydrogen (secondary N) is 1. The summed E-state index contributed by atoms with van der Waals surface area (Å²) in [7, 11) is 0. The number of rotatable bonds is 5. The van der Waals surface area contributed by atoms with E-state index in [-0.39, 0.29) is 5.69 Å². The molecule has 2 aromatic heterocycles. The molecule has 1 fully saturated rings. The SMILES string of the molecule is O=c1[nH]nc2ccc(N(CCCCl)C3CCC3)nn12. The number of fused-ring (bicyclic) bond motifs is 1. The molecule has 1 aliphatic carbocycles. The van der Waals surface area contributed by atoms with Crippen molar-refractivity contribution in [2.75, 3.05) is 17.3 Å². The molecule has 0 spiro atoms. The van der Waals surface area contributed by atoms with E-state index in [0.717, 1.165) is 18.8 Å². The normalized spacial score (nSPS) is 15.6. The summed E-state index contributed by atoms with van der Waals surface area (Å²) in [6, 6.07) is 4.25. The Morgan fingerprint density at radius 1 is 1.47 bits per heavy atom. The van der Waals surface area contributed by atoms with Crippen molar-refractivity contribution in [2.24, 2.45) is 0 Å². The maximum Gasteiger partial charge on any atom is 0.364 e. The molecule has 0 aliphatic heterocycles. The predicted octanol–water partition coefficient (Wildman–Crippen LogP) is 1.41. The van der Waals surface area contributed by atoms with E-state index in [1.807, 2.05) is 12.1 Å². The molecule has 2 heterocycles. The first kappa shape index (κ1) is 12.5. The summed E-state index contributed by atoms with van der Waals surface area (Å²) < 4.78 is 1.31. The number of nitrogens with zero attached hydrogens (tertiary/aromatic N) is 4. The lowest BCUT2D eigenvalue weighted by Crippen LogP contribution is -2.42. The van der Waals surface area contributed by atoms with Crippen molar-refractivity contribution in [1.82, 2.24) is 19.8 Å². The van der Waals surface area contributed by atoms with Gasteiger partial charge in [-0.2, -0.15) is 9.61 Å². The maximum absolute atomic E-state index is 11.6. The van der Waals surface area contributed by atoms with Gasteiger partial charge in [-0.3, -0.25) is 0 Å². The van der Waals surface area contributed by atoms with E-state index >= 15 is 0 Å². The monoisotopic (exact) mass is 281 g/mol. The molecule has 0 aromatic carbocycles. The Bertz CT molecular complexity index is 618. The number of hydrogen-bond donors (Lipinski definition) is 1. The lowest BCUT2D eigenvalue weighted by Gasteiger charge is -2.38. The second kappa shape index (κ2) is 5.21. The van der Waals surface area contributed by atoms with Crippen LogP contribution in [-0.2, 0) is 0 Å². The quantitative estimate of drug-likeness (QED) is 0.842.